The largest absolute Gasteiger partial charge is 0.378 e. The minimum absolute atomic E-state index is 0.186. The van der Waals surface area contributed by atoms with Gasteiger partial charge in [-0.25, -0.2) is 0 Å². The number of nitrogens with zero attached hydrogens (tertiary/aromatic N) is 1. The van der Waals surface area contributed by atoms with Crippen molar-refractivity contribution in [3.05, 3.63) is 0 Å². The lowest BCUT2D eigenvalue weighted by Crippen LogP contribution is -2.39. The fourth-order valence-electron chi connectivity index (χ4n) is 2.84. The topological polar surface area (TPSA) is 53.6 Å². The smallest absolute Gasteiger partial charge is 0.224 e. The maximum absolute atomic E-state index is 12.0. The maximum atomic E-state index is 12.0. The Kier molecular flexibility index (Phi) is 4.97. The number of carbonyl (C=O) groups is 1. The molecular formula is C13H25N3O2. The molecule has 0 radical (unpaired) electrons. The molecular weight excluding hydrogens is 230 g/mol. The second kappa shape index (κ2) is 6.50. The summed E-state index contributed by atoms with van der Waals surface area (Å²) >= 11 is 0. The normalized spacial score (nSPS) is 30.1. The number of amides is 1. The fraction of sp³-hybridized carbons (Fsp3) is 0.923. The Morgan fingerprint density at radius 2 is 2.22 bits per heavy atom. The molecule has 0 saturated carbocycles. The van der Waals surface area contributed by atoms with Crippen LogP contribution in [0.2, 0.25) is 0 Å². The molecule has 0 aromatic carbocycles. The summed E-state index contributed by atoms with van der Waals surface area (Å²) in [4.78, 5) is 14.0. The van der Waals surface area contributed by atoms with Crippen molar-refractivity contribution in [2.24, 2.45) is 5.92 Å². The van der Waals surface area contributed by atoms with Crippen LogP contribution in [0, 0.1) is 5.92 Å². The van der Waals surface area contributed by atoms with Gasteiger partial charge in [0.15, 0.2) is 0 Å². The van der Waals surface area contributed by atoms with E-state index in [-0.39, 0.29) is 11.8 Å². The highest BCUT2D eigenvalue weighted by atomic mass is 16.5. The Morgan fingerprint density at radius 1 is 1.39 bits per heavy atom. The lowest BCUT2D eigenvalue weighted by atomic mass is 9.88. The predicted molar refractivity (Wildman–Crippen MR) is 70.4 cm³/mol. The van der Waals surface area contributed by atoms with Crippen LogP contribution in [-0.2, 0) is 9.53 Å². The van der Waals surface area contributed by atoms with E-state index in [9.17, 15) is 4.79 Å². The first-order valence-electron chi connectivity index (χ1n) is 6.93. The Morgan fingerprint density at radius 3 is 2.83 bits per heavy atom. The van der Waals surface area contributed by atoms with Crippen LogP contribution in [-0.4, -0.2) is 63.3 Å². The van der Waals surface area contributed by atoms with Gasteiger partial charge in [-0.05, 0) is 33.4 Å². The molecule has 1 amide bonds. The van der Waals surface area contributed by atoms with Gasteiger partial charge >= 0.3 is 0 Å². The van der Waals surface area contributed by atoms with E-state index in [0.29, 0.717) is 25.2 Å². The second-order valence-corrected chi connectivity index (χ2v) is 5.60. The highest BCUT2D eigenvalue weighted by Crippen LogP contribution is 2.33. The van der Waals surface area contributed by atoms with Crippen molar-refractivity contribution in [2.45, 2.75) is 31.3 Å². The zero-order valence-corrected chi connectivity index (χ0v) is 11.4. The van der Waals surface area contributed by atoms with Crippen LogP contribution in [0.4, 0.5) is 0 Å². The number of nitrogens with one attached hydrogen (secondary N) is 2. The molecule has 2 aliphatic rings. The van der Waals surface area contributed by atoms with Gasteiger partial charge in [0.2, 0.25) is 5.91 Å². The highest BCUT2D eigenvalue weighted by molar-refractivity contribution is 5.80. The molecule has 2 aliphatic heterocycles. The summed E-state index contributed by atoms with van der Waals surface area (Å²) in [5, 5.41) is 6.46. The Labute approximate surface area is 109 Å². The van der Waals surface area contributed by atoms with Gasteiger partial charge in [0, 0.05) is 25.2 Å². The number of carbonyl (C=O) groups excluding carboxylic acids is 1. The number of hydrogen-bond acceptors (Lipinski definition) is 4. The molecule has 3 unspecified atom stereocenters. The second-order valence-electron chi connectivity index (χ2n) is 5.60. The SMILES string of the molecule is CN(C)CCOCCNC(=O)C1CC2CCC1N2. The lowest BCUT2D eigenvalue weighted by molar-refractivity contribution is -0.125. The zero-order chi connectivity index (χ0) is 13.0. The molecule has 3 atom stereocenters. The molecule has 2 bridgehead atoms. The first kappa shape index (κ1) is 13.8. The molecule has 5 nitrogen and oxygen atoms in total. The monoisotopic (exact) mass is 255 g/mol. The van der Waals surface area contributed by atoms with E-state index in [1.165, 1.54) is 6.42 Å². The Hall–Kier alpha value is -0.650. The standard InChI is InChI=1S/C13H25N3O2/c1-16(2)6-8-18-7-5-14-13(17)11-9-10-3-4-12(11)15-10/h10-12,15H,3-9H2,1-2H3,(H,14,17). The van der Waals surface area contributed by atoms with Crippen molar-refractivity contribution >= 4 is 5.91 Å². The first-order chi connectivity index (χ1) is 8.66. The average Bonchev–Trinajstić information content (AvgIpc) is 2.94. The molecule has 2 N–H and O–H groups in total. The van der Waals surface area contributed by atoms with E-state index in [1.54, 1.807) is 0 Å². The Bertz CT molecular complexity index is 283. The van der Waals surface area contributed by atoms with Crippen molar-refractivity contribution in [3.8, 4) is 0 Å². The summed E-state index contributed by atoms with van der Waals surface area (Å²) in [7, 11) is 4.04. The van der Waals surface area contributed by atoms with E-state index in [4.69, 9.17) is 4.74 Å². The van der Waals surface area contributed by atoms with Crippen LogP contribution in [0.5, 0.6) is 0 Å². The van der Waals surface area contributed by atoms with Crippen molar-refractivity contribution in [2.75, 3.05) is 40.4 Å². The summed E-state index contributed by atoms with van der Waals surface area (Å²) in [5.41, 5.74) is 0. The lowest BCUT2D eigenvalue weighted by Gasteiger charge is -2.19. The quantitative estimate of drug-likeness (QED) is 0.620. The molecule has 0 spiro atoms. The summed E-state index contributed by atoms with van der Waals surface area (Å²) in [6.45, 7) is 2.87. The van der Waals surface area contributed by atoms with E-state index in [1.807, 2.05) is 14.1 Å². The van der Waals surface area contributed by atoms with Crippen molar-refractivity contribution in [1.29, 1.82) is 0 Å². The molecule has 2 rings (SSSR count). The number of fused-ring (bicyclic) bond motifs is 2. The molecule has 0 aliphatic carbocycles. The van der Waals surface area contributed by atoms with Crippen molar-refractivity contribution in [1.82, 2.24) is 15.5 Å². The molecule has 2 fully saturated rings. The third kappa shape index (κ3) is 3.67. The van der Waals surface area contributed by atoms with Gasteiger partial charge in [0.25, 0.3) is 0 Å². The maximum Gasteiger partial charge on any atom is 0.224 e. The summed E-state index contributed by atoms with van der Waals surface area (Å²) < 4.78 is 5.45. The van der Waals surface area contributed by atoms with Crippen LogP contribution in [0.1, 0.15) is 19.3 Å². The van der Waals surface area contributed by atoms with Gasteiger partial charge in [0.05, 0.1) is 19.1 Å². The molecule has 5 heteroatoms. The van der Waals surface area contributed by atoms with Crippen LogP contribution in [0.15, 0.2) is 0 Å². The zero-order valence-electron chi connectivity index (χ0n) is 11.4. The van der Waals surface area contributed by atoms with Crippen LogP contribution < -0.4 is 10.6 Å². The van der Waals surface area contributed by atoms with Gasteiger partial charge in [0.1, 0.15) is 0 Å². The van der Waals surface area contributed by atoms with Gasteiger partial charge < -0.3 is 20.3 Å². The number of ether oxygens (including phenoxy) is 1. The van der Waals surface area contributed by atoms with E-state index in [0.717, 1.165) is 26.0 Å². The number of likely N-dealkylation sites (N-methyl/N-ethyl adjacent to an activating group) is 1. The summed E-state index contributed by atoms with van der Waals surface area (Å²) in [5.74, 6) is 0.386. The molecule has 2 heterocycles. The van der Waals surface area contributed by atoms with E-state index < -0.39 is 0 Å². The van der Waals surface area contributed by atoms with Crippen molar-refractivity contribution in [3.63, 3.8) is 0 Å². The minimum Gasteiger partial charge on any atom is -0.378 e. The third-order valence-electron chi connectivity index (χ3n) is 3.87. The molecule has 104 valence electrons. The fourth-order valence-corrected chi connectivity index (χ4v) is 2.84. The molecule has 0 aromatic rings. The number of rotatable bonds is 7. The van der Waals surface area contributed by atoms with E-state index in [2.05, 4.69) is 15.5 Å². The summed E-state index contributed by atoms with van der Waals surface area (Å²) in [6, 6.07) is 1.01. The molecule has 0 aromatic heterocycles. The number of hydrogen-bond donors (Lipinski definition) is 2. The van der Waals surface area contributed by atoms with Gasteiger partial charge in [-0.1, -0.05) is 0 Å². The van der Waals surface area contributed by atoms with Crippen molar-refractivity contribution < 1.29 is 9.53 Å². The highest BCUT2D eigenvalue weighted by Gasteiger charge is 2.42. The van der Waals surface area contributed by atoms with E-state index >= 15 is 0 Å². The summed E-state index contributed by atoms with van der Waals surface area (Å²) in [6.07, 6.45) is 3.40. The van der Waals surface area contributed by atoms with Crippen LogP contribution >= 0.6 is 0 Å². The van der Waals surface area contributed by atoms with Crippen LogP contribution in [0.25, 0.3) is 0 Å². The first-order valence-corrected chi connectivity index (χ1v) is 6.93. The average molecular weight is 255 g/mol. The Balaban J connectivity index is 1.53. The third-order valence-corrected chi connectivity index (χ3v) is 3.87. The van der Waals surface area contributed by atoms with Gasteiger partial charge in [-0.3, -0.25) is 4.79 Å². The predicted octanol–water partition coefficient (Wildman–Crippen LogP) is -0.179. The minimum atomic E-state index is 0.186. The van der Waals surface area contributed by atoms with Gasteiger partial charge in [-0.15, -0.1) is 0 Å². The molecule has 18 heavy (non-hydrogen) atoms. The van der Waals surface area contributed by atoms with Gasteiger partial charge in [-0.2, -0.15) is 0 Å². The molecule has 2 saturated heterocycles. The van der Waals surface area contributed by atoms with Crippen LogP contribution in [0.3, 0.4) is 0 Å².